The summed E-state index contributed by atoms with van der Waals surface area (Å²) in [6.45, 7) is 3.11. The van der Waals surface area contributed by atoms with Gasteiger partial charge in [0.2, 0.25) is 10.6 Å². The summed E-state index contributed by atoms with van der Waals surface area (Å²) in [5.74, 6) is 2.75. The molecule has 0 saturated carbocycles. The molecule has 0 spiro atoms. The molecule has 0 aliphatic carbocycles. The van der Waals surface area contributed by atoms with Gasteiger partial charge in [0.25, 0.3) is 0 Å². The minimum Gasteiger partial charge on any atom is -0.493 e. The lowest BCUT2D eigenvalue weighted by Gasteiger charge is -2.47. The lowest BCUT2D eigenvalue weighted by Crippen LogP contribution is -2.42. The average Bonchev–Trinajstić information content (AvgIpc) is 3.22. The molecule has 0 saturated heterocycles. The minimum atomic E-state index is -1.59. The highest BCUT2D eigenvalue weighted by molar-refractivity contribution is 6.68. The fraction of sp³-hybridized carbons (Fsp3) is 0.417. The maximum atomic E-state index is 6.66. The molecule has 3 heterocycles. The number of ether oxygens (including phenoxy) is 4. The Bertz CT molecular complexity index is 1110. The molecule has 2 aromatic rings. The average molecular weight is 497 g/mol. The van der Waals surface area contributed by atoms with Crippen molar-refractivity contribution in [2.75, 3.05) is 27.6 Å². The SMILES string of the molecule is CCCC1=C2c3cc4c(cc3CCN2[C@H](C(Cl)(Cl)Cl)c2c1ccc(OC)c2OC)OCO4. The molecule has 170 valence electrons. The lowest BCUT2D eigenvalue weighted by atomic mass is 9.80. The Labute approximate surface area is 202 Å². The van der Waals surface area contributed by atoms with Crippen LogP contribution in [0.15, 0.2) is 24.3 Å². The van der Waals surface area contributed by atoms with Gasteiger partial charge in [0.15, 0.2) is 23.0 Å². The molecule has 0 radical (unpaired) electrons. The van der Waals surface area contributed by atoms with E-state index in [2.05, 4.69) is 30.0 Å². The van der Waals surface area contributed by atoms with Crippen molar-refractivity contribution >= 4 is 46.1 Å². The van der Waals surface area contributed by atoms with E-state index >= 15 is 0 Å². The molecule has 0 N–H and O–H groups in total. The van der Waals surface area contributed by atoms with E-state index in [1.807, 2.05) is 6.07 Å². The van der Waals surface area contributed by atoms with E-state index in [4.69, 9.17) is 53.8 Å². The number of hydrogen-bond donors (Lipinski definition) is 0. The molecule has 0 unspecified atom stereocenters. The zero-order chi connectivity index (χ0) is 22.6. The van der Waals surface area contributed by atoms with Gasteiger partial charge in [-0.1, -0.05) is 54.2 Å². The predicted molar refractivity (Wildman–Crippen MR) is 127 cm³/mol. The molecule has 5 nitrogen and oxygen atoms in total. The lowest BCUT2D eigenvalue weighted by molar-refractivity contribution is 0.174. The van der Waals surface area contributed by atoms with E-state index in [-0.39, 0.29) is 6.79 Å². The van der Waals surface area contributed by atoms with Crippen LogP contribution in [0, 0.1) is 0 Å². The van der Waals surface area contributed by atoms with Crippen LogP contribution < -0.4 is 18.9 Å². The summed E-state index contributed by atoms with van der Waals surface area (Å²) in [7, 11) is 3.24. The van der Waals surface area contributed by atoms with Crippen LogP contribution in [0.4, 0.5) is 0 Å². The fourth-order valence-electron chi connectivity index (χ4n) is 5.13. The summed E-state index contributed by atoms with van der Waals surface area (Å²) in [6, 6.07) is 7.58. The predicted octanol–water partition coefficient (Wildman–Crippen LogP) is 6.38. The Morgan fingerprint density at radius 2 is 1.81 bits per heavy atom. The van der Waals surface area contributed by atoms with Gasteiger partial charge in [-0.2, -0.15) is 0 Å². The first-order chi connectivity index (χ1) is 15.4. The molecule has 0 aromatic heterocycles. The first-order valence-corrected chi connectivity index (χ1v) is 11.8. The number of allylic oxidation sites excluding steroid dienone is 1. The first kappa shape index (κ1) is 21.9. The van der Waals surface area contributed by atoms with Gasteiger partial charge in [0.05, 0.1) is 14.2 Å². The highest BCUT2D eigenvalue weighted by Crippen LogP contribution is 2.58. The number of benzene rings is 2. The monoisotopic (exact) mass is 495 g/mol. The normalized spacial score (nSPS) is 18.8. The Hall–Kier alpha value is -1.95. The van der Waals surface area contributed by atoms with Crippen molar-refractivity contribution < 1.29 is 18.9 Å². The number of halogens is 3. The summed E-state index contributed by atoms with van der Waals surface area (Å²) in [5.41, 5.74) is 6.47. The molecule has 0 fully saturated rings. The minimum absolute atomic E-state index is 0.236. The van der Waals surface area contributed by atoms with Gasteiger partial charge in [0, 0.05) is 23.4 Å². The van der Waals surface area contributed by atoms with Gasteiger partial charge in [-0.3, -0.25) is 0 Å². The second-order valence-electron chi connectivity index (χ2n) is 8.09. The van der Waals surface area contributed by atoms with Crippen LogP contribution in [0.3, 0.4) is 0 Å². The molecule has 2 aromatic carbocycles. The first-order valence-electron chi connectivity index (χ1n) is 10.6. The smallest absolute Gasteiger partial charge is 0.231 e. The highest BCUT2D eigenvalue weighted by atomic mass is 35.6. The van der Waals surface area contributed by atoms with Gasteiger partial charge in [-0.15, -0.1) is 0 Å². The molecular weight excluding hydrogens is 473 g/mol. The van der Waals surface area contributed by atoms with Crippen LogP contribution in [-0.4, -0.2) is 36.2 Å². The molecule has 0 amide bonds. The van der Waals surface area contributed by atoms with E-state index in [1.54, 1.807) is 14.2 Å². The van der Waals surface area contributed by atoms with Crippen molar-refractivity contribution in [2.45, 2.75) is 36.0 Å². The number of hydrogen-bond acceptors (Lipinski definition) is 5. The van der Waals surface area contributed by atoms with Crippen molar-refractivity contribution in [3.05, 3.63) is 46.5 Å². The summed E-state index contributed by atoms with van der Waals surface area (Å²) < 4.78 is 21.1. The molecule has 3 aliphatic heterocycles. The van der Waals surface area contributed by atoms with Gasteiger partial charge >= 0.3 is 0 Å². The summed E-state index contributed by atoms with van der Waals surface area (Å²) in [5, 5.41) is 0. The zero-order valence-corrected chi connectivity index (χ0v) is 20.4. The van der Waals surface area contributed by atoms with Crippen molar-refractivity contribution in [1.82, 2.24) is 4.90 Å². The third-order valence-corrected chi connectivity index (χ3v) is 6.97. The van der Waals surface area contributed by atoms with E-state index in [0.29, 0.717) is 18.0 Å². The number of methoxy groups -OCH3 is 2. The van der Waals surface area contributed by atoms with Crippen LogP contribution in [0.1, 0.15) is 48.1 Å². The van der Waals surface area contributed by atoms with Crippen molar-refractivity contribution in [3.63, 3.8) is 0 Å². The van der Waals surface area contributed by atoms with Crippen LogP contribution >= 0.6 is 34.8 Å². The summed E-state index contributed by atoms with van der Waals surface area (Å²) in [6.07, 6.45) is 2.64. The van der Waals surface area contributed by atoms with E-state index in [0.717, 1.165) is 53.1 Å². The quantitative estimate of drug-likeness (QED) is 0.459. The number of alkyl halides is 3. The van der Waals surface area contributed by atoms with Gasteiger partial charge in [0.1, 0.15) is 6.04 Å². The second kappa shape index (κ2) is 8.12. The molecule has 3 aliphatic rings. The molecule has 8 heteroatoms. The van der Waals surface area contributed by atoms with E-state index in [1.165, 1.54) is 11.1 Å². The Kier molecular flexibility index (Phi) is 5.55. The molecule has 5 rings (SSSR count). The van der Waals surface area contributed by atoms with Crippen molar-refractivity contribution in [2.24, 2.45) is 0 Å². The summed E-state index contributed by atoms with van der Waals surface area (Å²) in [4.78, 5) is 2.22. The Morgan fingerprint density at radius 1 is 1.06 bits per heavy atom. The van der Waals surface area contributed by atoms with Crippen molar-refractivity contribution in [1.29, 1.82) is 0 Å². The Balaban J connectivity index is 1.84. The third kappa shape index (κ3) is 3.28. The third-order valence-electron chi connectivity index (χ3n) is 6.35. The maximum Gasteiger partial charge on any atom is 0.231 e. The molecule has 0 bridgehead atoms. The van der Waals surface area contributed by atoms with Crippen LogP contribution in [-0.2, 0) is 6.42 Å². The largest absolute Gasteiger partial charge is 0.493 e. The van der Waals surface area contributed by atoms with E-state index in [9.17, 15) is 0 Å². The zero-order valence-electron chi connectivity index (χ0n) is 18.1. The van der Waals surface area contributed by atoms with Gasteiger partial charge < -0.3 is 23.8 Å². The van der Waals surface area contributed by atoms with Gasteiger partial charge in [-0.25, -0.2) is 0 Å². The fourth-order valence-corrected chi connectivity index (χ4v) is 5.81. The van der Waals surface area contributed by atoms with Crippen LogP contribution in [0.25, 0.3) is 11.3 Å². The molecule has 32 heavy (non-hydrogen) atoms. The Morgan fingerprint density at radius 3 is 2.47 bits per heavy atom. The van der Waals surface area contributed by atoms with E-state index < -0.39 is 9.83 Å². The topological polar surface area (TPSA) is 40.2 Å². The molecular formula is C24H24Cl3NO4. The number of fused-ring (bicyclic) bond motifs is 5. The second-order valence-corrected chi connectivity index (χ2v) is 10.5. The standard InChI is InChI=1S/C24H24Cl3NO4/c1-4-5-15-14-6-7-17(29-2)22(30-3)20(14)23(24(25,26)27)28-9-8-13-10-18-19(32-12-31-18)11-16(13)21(15)28/h6-7,10-11,23H,4-5,8-9,12H2,1-3H3/t23-/m0/s1. The summed E-state index contributed by atoms with van der Waals surface area (Å²) >= 11 is 20.0. The van der Waals surface area contributed by atoms with Crippen molar-refractivity contribution in [3.8, 4) is 23.0 Å². The van der Waals surface area contributed by atoms with Gasteiger partial charge in [-0.05, 0) is 47.7 Å². The number of nitrogens with zero attached hydrogens (tertiary/aromatic N) is 1. The van der Waals surface area contributed by atoms with Crippen LogP contribution in [0.5, 0.6) is 23.0 Å². The maximum absolute atomic E-state index is 6.66. The highest BCUT2D eigenvalue weighted by Gasteiger charge is 2.48. The number of rotatable bonds is 4. The molecule has 1 atom stereocenters. The van der Waals surface area contributed by atoms with Crippen LogP contribution in [0.2, 0.25) is 0 Å².